The number of amides is 1. The maximum atomic E-state index is 11.3. The molecule has 0 heterocycles. The number of ether oxygens (including phenoxy) is 1. The van der Waals surface area contributed by atoms with Gasteiger partial charge >= 0.3 is 0 Å². The van der Waals surface area contributed by atoms with E-state index in [1.165, 1.54) is 0 Å². The smallest absolute Gasteiger partial charge is 0.250 e. The molecular weight excluding hydrogens is 254 g/mol. The zero-order valence-corrected chi connectivity index (χ0v) is 11.0. The van der Waals surface area contributed by atoms with Crippen molar-refractivity contribution in [2.45, 2.75) is 0 Å². The molecular formula is C15H17N3O2. The summed E-state index contributed by atoms with van der Waals surface area (Å²) in [5, 5.41) is 3.16. The fourth-order valence-electron chi connectivity index (χ4n) is 1.77. The fraction of sp³-hybridized carbons (Fsp3) is 0.133. The molecule has 0 spiro atoms. The van der Waals surface area contributed by atoms with Crippen molar-refractivity contribution in [2.75, 3.05) is 18.5 Å². The first-order valence-electron chi connectivity index (χ1n) is 6.29. The van der Waals surface area contributed by atoms with E-state index >= 15 is 0 Å². The number of hydrogen-bond donors (Lipinski definition) is 3. The van der Waals surface area contributed by atoms with Gasteiger partial charge in [-0.3, -0.25) is 4.79 Å². The monoisotopic (exact) mass is 271 g/mol. The Bertz CT molecular complexity index is 582. The van der Waals surface area contributed by atoms with Crippen LogP contribution in [0.1, 0.15) is 10.4 Å². The van der Waals surface area contributed by atoms with Crippen LogP contribution < -0.4 is 21.5 Å². The first-order valence-corrected chi connectivity index (χ1v) is 6.29. The molecule has 2 rings (SSSR count). The van der Waals surface area contributed by atoms with E-state index in [1.807, 2.05) is 30.3 Å². The average molecular weight is 271 g/mol. The Labute approximate surface area is 117 Å². The van der Waals surface area contributed by atoms with E-state index in [0.717, 1.165) is 11.4 Å². The largest absolute Gasteiger partial charge is 0.492 e. The zero-order chi connectivity index (χ0) is 14.4. The van der Waals surface area contributed by atoms with E-state index in [4.69, 9.17) is 16.2 Å². The number of primary amides is 1. The maximum absolute atomic E-state index is 11.3. The fourth-order valence-corrected chi connectivity index (χ4v) is 1.77. The summed E-state index contributed by atoms with van der Waals surface area (Å²) in [7, 11) is 0. The normalized spacial score (nSPS) is 10.1. The lowest BCUT2D eigenvalue weighted by Gasteiger charge is -2.11. The lowest BCUT2D eigenvalue weighted by atomic mass is 10.1. The standard InChI is InChI=1S/C15H17N3O2/c16-9-10-20-12-7-5-11(6-8-12)18-14-4-2-1-3-13(14)15(17)19/h1-8,18H,9-10,16H2,(H2,17,19). The second kappa shape index (κ2) is 6.58. The predicted octanol–water partition coefficient (Wildman–Crippen LogP) is 1.87. The molecule has 20 heavy (non-hydrogen) atoms. The minimum atomic E-state index is -0.462. The second-order valence-corrected chi connectivity index (χ2v) is 4.20. The Balaban J connectivity index is 2.12. The topological polar surface area (TPSA) is 90.4 Å². The van der Waals surface area contributed by atoms with Crippen LogP contribution in [0.25, 0.3) is 0 Å². The van der Waals surface area contributed by atoms with E-state index in [2.05, 4.69) is 5.32 Å². The van der Waals surface area contributed by atoms with Gasteiger partial charge in [0.15, 0.2) is 0 Å². The van der Waals surface area contributed by atoms with Gasteiger partial charge in [-0.15, -0.1) is 0 Å². The molecule has 0 saturated carbocycles. The lowest BCUT2D eigenvalue weighted by molar-refractivity contribution is 0.100. The number of nitrogens with two attached hydrogens (primary N) is 2. The Morgan fingerprint density at radius 2 is 1.80 bits per heavy atom. The van der Waals surface area contributed by atoms with Crippen LogP contribution in [0.15, 0.2) is 48.5 Å². The van der Waals surface area contributed by atoms with Gasteiger partial charge in [0, 0.05) is 12.2 Å². The van der Waals surface area contributed by atoms with Crippen LogP contribution in [0.4, 0.5) is 11.4 Å². The molecule has 0 atom stereocenters. The third-order valence-corrected chi connectivity index (χ3v) is 2.71. The third kappa shape index (κ3) is 3.49. The highest BCUT2D eigenvalue weighted by atomic mass is 16.5. The summed E-state index contributed by atoms with van der Waals surface area (Å²) in [5.74, 6) is 0.292. The highest BCUT2D eigenvalue weighted by Crippen LogP contribution is 2.22. The maximum Gasteiger partial charge on any atom is 0.250 e. The molecule has 1 amide bonds. The Morgan fingerprint density at radius 1 is 1.10 bits per heavy atom. The number of anilines is 2. The van der Waals surface area contributed by atoms with Gasteiger partial charge in [-0.25, -0.2) is 0 Å². The number of hydrogen-bond acceptors (Lipinski definition) is 4. The van der Waals surface area contributed by atoms with Crippen molar-refractivity contribution >= 4 is 17.3 Å². The number of benzene rings is 2. The van der Waals surface area contributed by atoms with Gasteiger partial charge in [0.25, 0.3) is 5.91 Å². The van der Waals surface area contributed by atoms with Crippen LogP contribution in [0, 0.1) is 0 Å². The minimum absolute atomic E-state index is 0.455. The lowest BCUT2D eigenvalue weighted by Crippen LogP contribution is -2.13. The average Bonchev–Trinajstić information content (AvgIpc) is 2.47. The molecule has 0 fully saturated rings. The molecule has 104 valence electrons. The molecule has 0 aliphatic rings. The molecule has 0 aliphatic heterocycles. The number of nitrogens with one attached hydrogen (secondary N) is 1. The van der Waals surface area contributed by atoms with Crippen molar-refractivity contribution in [3.8, 4) is 5.75 Å². The van der Waals surface area contributed by atoms with Gasteiger partial charge in [0.05, 0.1) is 11.3 Å². The first-order chi connectivity index (χ1) is 9.70. The van der Waals surface area contributed by atoms with Crippen LogP contribution >= 0.6 is 0 Å². The molecule has 0 aliphatic carbocycles. The van der Waals surface area contributed by atoms with Gasteiger partial charge in [-0.2, -0.15) is 0 Å². The van der Waals surface area contributed by atoms with E-state index in [9.17, 15) is 4.79 Å². The Morgan fingerprint density at radius 3 is 2.45 bits per heavy atom. The summed E-state index contributed by atoms with van der Waals surface area (Å²) in [5.41, 5.74) is 12.7. The molecule has 5 N–H and O–H groups in total. The summed E-state index contributed by atoms with van der Waals surface area (Å²) in [6.07, 6.45) is 0. The van der Waals surface area contributed by atoms with Crippen LogP contribution in [0.3, 0.4) is 0 Å². The molecule has 2 aromatic rings. The van der Waals surface area contributed by atoms with E-state index in [1.54, 1.807) is 18.2 Å². The quantitative estimate of drug-likeness (QED) is 0.748. The number of para-hydroxylation sites is 1. The van der Waals surface area contributed by atoms with Gasteiger partial charge < -0.3 is 21.5 Å². The summed E-state index contributed by atoms with van der Waals surface area (Å²) in [4.78, 5) is 11.3. The molecule has 2 aromatic carbocycles. The molecule has 0 unspecified atom stereocenters. The molecule has 0 aromatic heterocycles. The van der Waals surface area contributed by atoms with Crippen molar-refractivity contribution in [3.63, 3.8) is 0 Å². The highest BCUT2D eigenvalue weighted by molar-refractivity contribution is 5.99. The molecule has 5 heteroatoms. The van der Waals surface area contributed by atoms with Crippen molar-refractivity contribution in [3.05, 3.63) is 54.1 Å². The van der Waals surface area contributed by atoms with Crippen molar-refractivity contribution in [2.24, 2.45) is 11.5 Å². The summed E-state index contributed by atoms with van der Waals surface area (Å²) in [6, 6.07) is 14.5. The van der Waals surface area contributed by atoms with E-state index in [0.29, 0.717) is 24.4 Å². The SMILES string of the molecule is NCCOc1ccc(Nc2ccccc2C(N)=O)cc1. The van der Waals surface area contributed by atoms with Gasteiger partial charge in [0.1, 0.15) is 12.4 Å². The van der Waals surface area contributed by atoms with Crippen LogP contribution in [-0.2, 0) is 0 Å². The Kier molecular flexibility index (Phi) is 4.57. The van der Waals surface area contributed by atoms with Crippen molar-refractivity contribution in [1.82, 2.24) is 0 Å². The van der Waals surface area contributed by atoms with Gasteiger partial charge in [0.2, 0.25) is 0 Å². The minimum Gasteiger partial charge on any atom is -0.492 e. The molecule has 0 radical (unpaired) electrons. The van der Waals surface area contributed by atoms with Gasteiger partial charge in [-0.05, 0) is 36.4 Å². The van der Waals surface area contributed by atoms with Crippen LogP contribution in [0.5, 0.6) is 5.75 Å². The van der Waals surface area contributed by atoms with E-state index in [-0.39, 0.29) is 0 Å². The second-order valence-electron chi connectivity index (χ2n) is 4.20. The van der Waals surface area contributed by atoms with Gasteiger partial charge in [-0.1, -0.05) is 12.1 Å². The predicted molar refractivity (Wildman–Crippen MR) is 79.2 cm³/mol. The van der Waals surface area contributed by atoms with Crippen molar-refractivity contribution < 1.29 is 9.53 Å². The summed E-state index contributed by atoms with van der Waals surface area (Å²) >= 11 is 0. The Hall–Kier alpha value is -2.53. The van der Waals surface area contributed by atoms with Crippen LogP contribution in [-0.4, -0.2) is 19.1 Å². The summed E-state index contributed by atoms with van der Waals surface area (Å²) in [6.45, 7) is 0.962. The summed E-state index contributed by atoms with van der Waals surface area (Å²) < 4.78 is 5.40. The number of carbonyl (C=O) groups is 1. The van der Waals surface area contributed by atoms with Crippen molar-refractivity contribution in [1.29, 1.82) is 0 Å². The molecule has 0 saturated heterocycles. The molecule has 0 bridgehead atoms. The highest BCUT2D eigenvalue weighted by Gasteiger charge is 2.07. The third-order valence-electron chi connectivity index (χ3n) is 2.71. The van der Waals surface area contributed by atoms with Crippen LogP contribution in [0.2, 0.25) is 0 Å². The first kappa shape index (κ1) is 13.9. The number of carbonyl (C=O) groups excluding carboxylic acids is 1. The van der Waals surface area contributed by atoms with E-state index < -0.39 is 5.91 Å². The molecule has 5 nitrogen and oxygen atoms in total. The zero-order valence-electron chi connectivity index (χ0n) is 11.0. The number of rotatable bonds is 6.